The molecule has 4 N–H and O–H groups in total. The molecule has 0 saturated carbocycles. The van der Waals surface area contributed by atoms with Gasteiger partial charge in [0.05, 0.1) is 6.61 Å². The third kappa shape index (κ3) is 2.34. The number of benzene rings is 1. The van der Waals surface area contributed by atoms with Gasteiger partial charge in [-0.05, 0) is 5.56 Å². The highest BCUT2D eigenvalue weighted by atomic mass is 16.5. The fourth-order valence-electron chi connectivity index (χ4n) is 2.02. The zero-order valence-corrected chi connectivity index (χ0v) is 9.18. The lowest BCUT2D eigenvalue weighted by Gasteiger charge is -2.40. The highest BCUT2D eigenvalue weighted by Crippen LogP contribution is 2.31. The van der Waals surface area contributed by atoms with Crippen LogP contribution < -0.4 is 0 Å². The van der Waals surface area contributed by atoms with E-state index in [9.17, 15) is 15.3 Å². The number of ether oxygens (including phenoxy) is 1. The summed E-state index contributed by atoms with van der Waals surface area (Å²) in [7, 11) is 0. The Hall–Kier alpha value is -0.980. The molecule has 0 unspecified atom stereocenters. The molecule has 1 fully saturated rings. The largest absolute Gasteiger partial charge is 0.394 e. The van der Waals surface area contributed by atoms with Crippen LogP contribution in [0.3, 0.4) is 0 Å². The topological polar surface area (TPSA) is 90.2 Å². The Bertz CT molecular complexity index is 353. The maximum atomic E-state index is 9.86. The molecule has 1 aromatic carbocycles. The Labute approximate surface area is 98.9 Å². The average Bonchev–Trinajstić information content (AvgIpc) is 2.37. The standard InChI is InChI=1S/C12H16O5/c13-6-8-9(14)10(15)11(16)12(17-8)7-4-2-1-3-5-7/h1-5,8-16H,6H2/t8-,9-,10+,11+,12-/m1/s1. The van der Waals surface area contributed by atoms with E-state index in [1.165, 1.54) is 0 Å². The molecule has 17 heavy (non-hydrogen) atoms. The van der Waals surface area contributed by atoms with E-state index >= 15 is 0 Å². The number of aliphatic hydroxyl groups is 4. The Morgan fingerprint density at radius 1 is 0.941 bits per heavy atom. The summed E-state index contributed by atoms with van der Waals surface area (Å²) < 4.78 is 5.41. The molecule has 1 heterocycles. The van der Waals surface area contributed by atoms with Gasteiger partial charge in [-0.3, -0.25) is 0 Å². The number of hydrogen-bond acceptors (Lipinski definition) is 5. The van der Waals surface area contributed by atoms with E-state index in [-0.39, 0.29) is 0 Å². The van der Waals surface area contributed by atoms with Crippen molar-refractivity contribution in [2.45, 2.75) is 30.5 Å². The summed E-state index contributed by atoms with van der Waals surface area (Å²) in [5.74, 6) is 0. The third-order valence-corrected chi connectivity index (χ3v) is 3.02. The van der Waals surface area contributed by atoms with E-state index < -0.39 is 37.1 Å². The monoisotopic (exact) mass is 240 g/mol. The van der Waals surface area contributed by atoms with Crippen LogP contribution in [0.1, 0.15) is 11.7 Å². The van der Waals surface area contributed by atoms with Crippen LogP contribution in [0.5, 0.6) is 0 Å². The molecule has 0 amide bonds. The van der Waals surface area contributed by atoms with Crippen molar-refractivity contribution in [1.29, 1.82) is 0 Å². The first-order chi connectivity index (χ1) is 8.15. The van der Waals surface area contributed by atoms with E-state index in [2.05, 4.69) is 0 Å². The molecule has 1 aliphatic rings. The van der Waals surface area contributed by atoms with Crippen LogP contribution in [0.15, 0.2) is 30.3 Å². The molecule has 1 aromatic rings. The van der Waals surface area contributed by atoms with Gasteiger partial charge < -0.3 is 25.2 Å². The van der Waals surface area contributed by atoms with Crippen LogP contribution in [-0.4, -0.2) is 51.4 Å². The summed E-state index contributed by atoms with van der Waals surface area (Å²) in [5, 5.41) is 38.2. The summed E-state index contributed by atoms with van der Waals surface area (Å²) >= 11 is 0. The number of rotatable bonds is 2. The van der Waals surface area contributed by atoms with Gasteiger partial charge in [0.15, 0.2) is 0 Å². The number of hydrogen-bond donors (Lipinski definition) is 4. The van der Waals surface area contributed by atoms with E-state index in [1.807, 2.05) is 6.07 Å². The SMILES string of the molecule is OC[C@H]1O[C@H](c2ccccc2)[C@@H](O)[C@@H](O)[C@@H]1O. The lowest BCUT2D eigenvalue weighted by Crippen LogP contribution is -2.55. The van der Waals surface area contributed by atoms with E-state index in [1.54, 1.807) is 24.3 Å². The smallest absolute Gasteiger partial charge is 0.113 e. The molecule has 5 atom stereocenters. The van der Waals surface area contributed by atoms with Crippen LogP contribution >= 0.6 is 0 Å². The predicted molar refractivity (Wildman–Crippen MR) is 59.2 cm³/mol. The maximum Gasteiger partial charge on any atom is 0.113 e. The Kier molecular flexibility index (Phi) is 3.76. The zero-order valence-electron chi connectivity index (χ0n) is 9.18. The first-order valence-corrected chi connectivity index (χ1v) is 5.50. The molecular weight excluding hydrogens is 224 g/mol. The van der Waals surface area contributed by atoms with Crippen LogP contribution in [0.2, 0.25) is 0 Å². The second kappa shape index (κ2) is 5.12. The van der Waals surface area contributed by atoms with Gasteiger partial charge in [0.1, 0.15) is 30.5 Å². The minimum absolute atomic E-state index is 0.408. The molecule has 5 nitrogen and oxygen atoms in total. The van der Waals surface area contributed by atoms with Gasteiger partial charge in [0.25, 0.3) is 0 Å². The van der Waals surface area contributed by atoms with E-state index in [0.29, 0.717) is 5.56 Å². The molecule has 0 aliphatic carbocycles. The number of aliphatic hydroxyl groups excluding tert-OH is 4. The van der Waals surface area contributed by atoms with E-state index in [4.69, 9.17) is 9.84 Å². The Morgan fingerprint density at radius 2 is 1.59 bits per heavy atom. The van der Waals surface area contributed by atoms with Crippen molar-refractivity contribution in [3.63, 3.8) is 0 Å². The van der Waals surface area contributed by atoms with Gasteiger partial charge in [-0.15, -0.1) is 0 Å². The fourth-order valence-corrected chi connectivity index (χ4v) is 2.02. The summed E-state index contributed by atoms with van der Waals surface area (Å²) in [6.45, 7) is -0.408. The molecule has 1 aliphatic heterocycles. The summed E-state index contributed by atoms with van der Waals surface area (Å²) in [6, 6.07) is 8.92. The molecule has 5 heteroatoms. The third-order valence-electron chi connectivity index (χ3n) is 3.02. The van der Waals surface area contributed by atoms with Crippen molar-refractivity contribution >= 4 is 0 Å². The van der Waals surface area contributed by atoms with Crippen molar-refractivity contribution in [1.82, 2.24) is 0 Å². The molecule has 2 rings (SSSR count). The highest BCUT2D eigenvalue weighted by Gasteiger charge is 2.43. The second-order valence-electron chi connectivity index (χ2n) is 4.16. The summed E-state index contributed by atoms with van der Waals surface area (Å²) in [5.41, 5.74) is 0.699. The Morgan fingerprint density at radius 3 is 2.18 bits per heavy atom. The van der Waals surface area contributed by atoms with Crippen molar-refractivity contribution < 1.29 is 25.2 Å². The van der Waals surface area contributed by atoms with Crippen molar-refractivity contribution in [3.05, 3.63) is 35.9 Å². The van der Waals surface area contributed by atoms with Crippen LogP contribution in [0.4, 0.5) is 0 Å². The molecule has 0 aromatic heterocycles. The first-order valence-electron chi connectivity index (χ1n) is 5.50. The predicted octanol–water partition coefficient (Wildman–Crippen LogP) is -0.799. The molecular formula is C12H16O5. The van der Waals surface area contributed by atoms with Crippen molar-refractivity contribution in [2.24, 2.45) is 0 Å². The van der Waals surface area contributed by atoms with Crippen LogP contribution in [0.25, 0.3) is 0 Å². The molecule has 0 spiro atoms. The van der Waals surface area contributed by atoms with Gasteiger partial charge in [0.2, 0.25) is 0 Å². The minimum Gasteiger partial charge on any atom is -0.394 e. The van der Waals surface area contributed by atoms with Crippen molar-refractivity contribution in [3.8, 4) is 0 Å². The minimum atomic E-state index is -1.33. The molecule has 1 saturated heterocycles. The molecule has 94 valence electrons. The van der Waals surface area contributed by atoms with Gasteiger partial charge in [0, 0.05) is 0 Å². The zero-order chi connectivity index (χ0) is 12.4. The van der Waals surface area contributed by atoms with Crippen LogP contribution in [-0.2, 0) is 4.74 Å². The first kappa shape index (κ1) is 12.5. The lowest BCUT2D eigenvalue weighted by atomic mass is 9.91. The van der Waals surface area contributed by atoms with E-state index in [0.717, 1.165) is 0 Å². The highest BCUT2D eigenvalue weighted by molar-refractivity contribution is 5.20. The summed E-state index contributed by atoms with van der Waals surface area (Å²) in [6.07, 6.45) is -5.46. The maximum absolute atomic E-state index is 9.86. The second-order valence-corrected chi connectivity index (χ2v) is 4.16. The fraction of sp³-hybridized carbons (Fsp3) is 0.500. The van der Waals surface area contributed by atoms with Gasteiger partial charge in [-0.1, -0.05) is 30.3 Å². The Balaban J connectivity index is 2.23. The molecule has 0 radical (unpaired) electrons. The van der Waals surface area contributed by atoms with Gasteiger partial charge in [-0.2, -0.15) is 0 Å². The van der Waals surface area contributed by atoms with Crippen LogP contribution in [0, 0.1) is 0 Å². The molecule has 0 bridgehead atoms. The van der Waals surface area contributed by atoms with Gasteiger partial charge >= 0.3 is 0 Å². The average molecular weight is 240 g/mol. The quantitative estimate of drug-likeness (QED) is 0.543. The normalized spacial score (nSPS) is 38.0. The van der Waals surface area contributed by atoms with Gasteiger partial charge in [-0.25, -0.2) is 0 Å². The lowest BCUT2D eigenvalue weighted by molar-refractivity contribution is -0.231. The summed E-state index contributed by atoms with van der Waals surface area (Å²) in [4.78, 5) is 0. The van der Waals surface area contributed by atoms with Crippen molar-refractivity contribution in [2.75, 3.05) is 6.61 Å².